The molecule has 0 spiro atoms. The van der Waals surface area contributed by atoms with Crippen LogP contribution in [-0.4, -0.2) is 33.2 Å². The number of aromatic nitrogens is 2. The molecule has 0 aliphatic carbocycles. The molecule has 5 heteroatoms. The van der Waals surface area contributed by atoms with Crippen LogP contribution in [0.15, 0.2) is 29.9 Å². The van der Waals surface area contributed by atoms with E-state index >= 15 is 0 Å². The molecule has 21 heavy (non-hydrogen) atoms. The molecule has 1 amide bonds. The van der Waals surface area contributed by atoms with Crippen molar-refractivity contribution in [2.24, 2.45) is 0 Å². The molecule has 3 rings (SSSR count). The number of amides is 1. The van der Waals surface area contributed by atoms with Crippen LogP contribution in [0.5, 0.6) is 0 Å². The monoisotopic (exact) mass is 303 g/mol. The van der Waals surface area contributed by atoms with E-state index in [0.29, 0.717) is 6.42 Å². The van der Waals surface area contributed by atoms with Gasteiger partial charge in [0.1, 0.15) is 0 Å². The van der Waals surface area contributed by atoms with E-state index in [0.717, 1.165) is 30.8 Å². The molecular formula is C16H21N3OS. The maximum atomic E-state index is 12.6. The third kappa shape index (κ3) is 3.53. The van der Waals surface area contributed by atoms with Gasteiger partial charge in [-0.3, -0.25) is 9.48 Å². The Labute approximate surface area is 129 Å². The highest BCUT2D eigenvalue weighted by molar-refractivity contribution is 7.10. The maximum absolute atomic E-state index is 12.6. The molecule has 0 unspecified atom stereocenters. The topological polar surface area (TPSA) is 38.1 Å². The van der Waals surface area contributed by atoms with Crippen LogP contribution in [0.3, 0.4) is 0 Å². The number of thiophene rings is 1. The summed E-state index contributed by atoms with van der Waals surface area (Å²) >= 11 is 1.66. The summed E-state index contributed by atoms with van der Waals surface area (Å²) in [6.07, 6.45) is 7.86. The van der Waals surface area contributed by atoms with E-state index in [1.807, 2.05) is 35.3 Å². The van der Waals surface area contributed by atoms with Gasteiger partial charge >= 0.3 is 0 Å². The fourth-order valence-corrected chi connectivity index (χ4v) is 3.66. The Kier molecular flexibility index (Phi) is 4.39. The summed E-state index contributed by atoms with van der Waals surface area (Å²) in [7, 11) is 0. The number of aryl methyl sites for hydroxylation is 1. The first-order valence-corrected chi connectivity index (χ1v) is 8.41. The molecule has 2 aromatic heterocycles. The van der Waals surface area contributed by atoms with Gasteiger partial charge in [-0.15, -0.1) is 11.3 Å². The van der Waals surface area contributed by atoms with E-state index < -0.39 is 0 Å². The van der Waals surface area contributed by atoms with Gasteiger partial charge in [-0.2, -0.15) is 5.10 Å². The number of nitrogens with zero attached hydrogens (tertiary/aromatic N) is 3. The molecule has 0 aromatic carbocycles. The van der Waals surface area contributed by atoms with Crippen molar-refractivity contribution in [2.45, 2.75) is 45.2 Å². The van der Waals surface area contributed by atoms with Gasteiger partial charge in [0, 0.05) is 17.6 Å². The molecule has 0 N–H and O–H groups in total. The summed E-state index contributed by atoms with van der Waals surface area (Å²) in [6, 6.07) is 4.33. The zero-order valence-electron chi connectivity index (χ0n) is 12.4. The second-order valence-corrected chi connectivity index (χ2v) is 6.76. The van der Waals surface area contributed by atoms with E-state index in [1.54, 1.807) is 11.3 Å². The highest BCUT2D eigenvalue weighted by Gasteiger charge is 2.27. The van der Waals surface area contributed by atoms with Crippen LogP contribution >= 0.6 is 11.3 Å². The predicted molar refractivity (Wildman–Crippen MR) is 84.3 cm³/mol. The SMILES string of the molecule is Cc1cnn(C[C@@H]2CCCCN2C(=O)Cc2cccs2)c1. The number of piperidine rings is 1. The summed E-state index contributed by atoms with van der Waals surface area (Å²) in [5.74, 6) is 0.256. The van der Waals surface area contributed by atoms with Crippen molar-refractivity contribution in [3.05, 3.63) is 40.3 Å². The third-order valence-corrected chi connectivity index (χ3v) is 4.89. The molecule has 1 saturated heterocycles. The molecule has 0 bridgehead atoms. The minimum Gasteiger partial charge on any atom is -0.338 e. The van der Waals surface area contributed by atoms with Crippen molar-refractivity contribution in [3.63, 3.8) is 0 Å². The van der Waals surface area contributed by atoms with E-state index in [2.05, 4.69) is 16.2 Å². The molecule has 2 aromatic rings. The first kappa shape index (κ1) is 14.3. The van der Waals surface area contributed by atoms with Crippen molar-refractivity contribution in [3.8, 4) is 0 Å². The number of hydrogen-bond acceptors (Lipinski definition) is 3. The normalized spacial score (nSPS) is 18.9. The van der Waals surface area contributed by atoms with Gasteiger partial charge in [0.15, 0.2) is 0 Å². The first-order valence-electron chi connectivity index (χ1n) is 7.53. The van der Waals surface area contributed by atoms with Gasteiger partial charge in [-0.1, -0.05) is 6.07 Å². The second-order valence-electron chi connectivity index (χ2n) is 5.73. The number of likely N-dealkylation sites (tertiary alicyclic amines) is 1. The molecule has 4 nitrogen and oxygen atoms in total. The maximum Gasteiger partial charge on any atom is 0.228 e. The lowest BCUT2D eigenvalue weighted by atomic mass is 10.0. The molecule has 0 saturated carbocycles. The Bertz CT molecular complexity index is 590. The van der Waals surface area contributed by atoms with Crippen molar-refractivity contribution < 1.29 is 4.79 Å². The minimum absolute atomic E-state index is 0.256. The lowest BCUT2D eigenvalue weighted by molar-refractivity contribution is -0.134. The summed E-state index contributed by atoms with van der Waals surface area (Å²) in [5, 5.41) is 6.39. The number of rotatable bonds is 4. The predicted octanol–water partition coefficient (Wildman–Crippen LogP) is 2.88. The van der Waals surface area contributed by atoms with E-state index in [9.17, 15) is 4.79 Å². The Balaban J connectivity index is 1.67. The molecule has 1 aliphatic heterocycles. The van der Waals surface area contributed by atoms with E-state index in [1.165, 1.54) is 12.0 Å². The van der Waals surface area contributed by atoms with Gasteiger partial charge < -0.3 is 4.90 Å². The van der Waals surface area contributed by atoms with Crippen LogP contribution in [0, 0.1) is 6.92 Å². The van der Waals surface area contributed by atoms with Crippen LogP contribution in [-0.2, 0) is 17.8 Å². The molecular weight excluding hydrogens is 282 g/mol. The molecule has 0 radical (unpaired) electrons. The molecule has 3 heterocycles. The Morgan fingerprint density at radius 2 is 2.38 bits per heavy atom. The lowest BCUT2D eigenvalue weighted by Gasteiger charge is -2.35. The average Bonchev–Trinajstić information content (AvgIpc) is 3.11. The van der Waals surface area contributed by atoms with Crippen LogP contribution in [0.4, 0.5) is 0 Å². The van der Waals surface area contributed by atoms with Crippen molar-refractivity contribution in [1.82, 2.24) is 14.7 Å². The number of carbonyl (C=O) groups is 1. The summed E-state index contributed by atoms with van der Waals surface area (Å²) in [6.45, 7) is 3.74. The Hall–Kier alpha value is -1.62. The van der Waals surface area contributed by atoms with Crippen LogP contribution < -0.4 is 0 Å². The van der Waals surface area contributed by atoms with Crippen molar-refractivity contribution >= 4 is 17.2 Å². The minimum atomic E-state index is 0.256. The van der Waals surface area contributed by atoms with E-state index in [4.69, 9.17) is 0 Å². The van der Waals surface area contributed by atoms with Gasteiger partial charge in [-0.25, -0.2) is 0 Å². The summed E-state index contributed by atoms with van der Waals surface area (Å²) in [4.78, 5) is 15.8. The van der Waals surface area contributed by atoms with E-state index in [-0.39, 0.29) is 11.9 Å². The lowest BCUT2D eigenvalue weighted by Crippen LogP contribution is -2.46. The molecule has 1 atom stereocenters. The number of hydrogen-bond donors (Lipinski definition) is 0. The Morgan fingerprint density at radius 3 is 3.10 bits per heavy atom. The van der Waals surface area contributed by atoms with Crippen LogP contribution in [0.25, 0.3) is 0 Å². The van der Waals surface area contributed by atoms with Crippen LogP contribution in [0.2, 0.25) is 0 Å². The smallest absolute Gasteiger partial charge is 0.228 e. The van der Waals surface area contributed by atoms with Gasteiger partial charge in [0.25, 0.3) is 0 Å². The fraction of sp³-hybridized carbons (Fsp3) is 0.500. The van der Waals surface area contributed by atoms with Crippen LogP contribution in [0.1, 0.15) is 29.7 Å². The third-order valence-electron chi connectivity index (χ3n) is 4.01. The standard InChI is InChI=1S/C16H21N3OS/c1-13-10-17-18(11-13)12-14-5-2-3-7-19(14)16(20)9-15-6-4-8-21-15/h4,6,8,10-11,14H,2-3,5,7,9,12H2,1H3/t14-/m0/s1. The zero-order valence-corrected chi connectivity index (χ0v) is 13.2. The second kappa shape index (κ2) is 6.43. The fourth-order valence-electron chi connectivity index (χ4n) is 2.97. The average molecular weight is 303 g/mol. The number of carbonyl (C=O) groups excluding carboxylic acids is 1. The van der Waals surface area contributed by atoms with Gasteiger partial charge in [-0.05, 0) is 43.2 Å². The Morgan fingerprint density at radius 1 is 1.48 bits per heavy atom. The summed E-state index contributed by atoms with van der Waals surface area (Å²) < 4.78 is 1.97. The quantitative estimate of drug-likeness (QED) is 0.871. The molecule has 1 aliphatic rings. The van der Waals surface area contributed by atoms with Gasteiger partial charge in [0.2, 0.25) is 5.91 Å². The van der Waals surface area contributed by atoms with Crippen molar-refractivity contribution in [1.29, 1.82) is 0 Å². The zero-order chi connectivity index (χ0) is 14.7. The molecule has 112 valence electrons. The highest BCUT2D eigenvalue weighted by Crippen LogP contribution is 2.21. The highest BCUT2D eigenvalue weighted by atomic mass is 32.1. The van der Waals surface area contributed by atoms with Gasteiger partial charge in [0.05, 0.1) is 25.2 Å². The van der Waals surface area contributed by atoms with Crippen molar-refractivity contribution in [2.75, 3.05) is 6.54 Å². The summed E-state index contributed by atoms with van der Waals surface area (Å²) in [5.41, 5.74) is 1.17. The molecule has 1 fully saturated rings. The first-order chi connectivity index (χ1) is 10.2. The largest absolute Gasteiger partial charge is 0.338 e.